The molecule has 0 amide bonds. The summed E-state index contributed by atoms with van der Waals surface area (Å²) in [7, 11) is 0. The molecule has 5 heteroatoms. The number of hydrogen-bond acceptors (Lipinski definition) is 4. The Morgan fingerprint density at radius 3 is 2.69 bits per heavy atom. The highest BCUT2D eigenvalue weighted by molar-refractivity contribution is 9.10. The fraction of sp³-hybridized carbons (Fsp3) is 0.636. The third kappa shape index (κ3) is 2.64. The van der Waals surface area contributed by atoms with E-state index in [0.717, 1.165) is 18.8 Å². The van der Waals surface area contributed by atoms with Crippen LogP contribution in [0.3, 0.4) is 0 Å². The Morgan fingerprint density at radius 2 is 2.00 bits per heavy atom. The zero-order valence-corrected chi connectivity index (χ0v) is 10.9. The van der Waals surface area contributed by atoms with Crippen molar-refractivity contribution in [3.8, 4) is 5.88 Å². The van der Waals surface area contributed by atoms with Gasteiger partial charge in [0.05, 0.1) is 0 Å². The number of nitrogen functional groups attached to an aromatic ring is 1. The Kier molecular flexibility index (Phi) is 3.63. The number of rotatable bonds is 2. The van der Waals surface area contributed by atoms with Gasteiger partial charge in [-0.2, -0.15) is 0 Å². The van der Waals surface area contributed by atoms with Crippen molar-refractivity contribution in [3.63, 3.8) is 0 Å². The molecule has 0 atom stereocenters. The second-order valence-electron chi connectivity index (χ2n) is 4.38. The minimum Gasteiger partial charge on any atom is -0.473 e. The molecule has 1 heterocycles. The summed E-state index contributed by atoms with van der Waals surface area (Å²) in [6.45, 7) is 2.29. The molecule has 4 nitrogen and oxygen atoms in total. The molecule has 1 aromatic rings. The zero-order chi connectivity index (χ0) is 11.5. The van der Waals surface area contributed by atoms with E-state index in [1.165, 1.54) is 19.2 Å². The van der Waals surface area contributed by atoms with Gasteiger partial charge < -0.3 is 10.5 Å². The van der Waals surface area contributed by atoms with E-state index in [-0.39, 0.29) is 6.10 Å². The number of ether oxygens (including phenoxy) is 1. The smallest absolute Gasteiger partial charge is 0.233 e. The molecule has 0 aromatic carbocycles. The molecule has 16 heavy (non-hydrogen) atoms. The van der Waals surface area contributed by atoms with Gasteiger partial charge in [-0.15, -0.1) is 0 Å². The molecule has 2 rings (SSSR count). The fourth-order valence-electron chi connectivity index (χ4n) is 1.95. The van der Waals surface area contributed by atoms with Crippen molar-refractivity contribution < 1.29 is 4.74 Å². The predicted molar refractivity (Wildman–Crippen MR) is 66.2 cm³/mol. The molecule has 88 valence electrons. The Labute approximate surface area is 104 Å². The van der Waals surface area contributed by atoms with E-state index >= 15 is 0 Å². The summed E-state index contributed by atoms with van der Waals surface area (Å²) in [5.41, 5.74) is 5.67. The van der Waals surface area contributed by atoms with Gasteiger partial charge in [-0.05, 0) is 47.5 Å². The van der Waals surface area contributed by atoms with Crippen LogP contribution in [0, 0.1) is 5.92 Å². The zero-order valence-electron chi connectivity index (χ0n) is 9.32. The number of nitrogens with two attached hydrogens (primary N) is 1. The average Bonchev–Trinajstić information content (AvgIpc) is 2.28. The number of halogens is 1. The lowest BCUT2D eigenvalue weighted by Gasteiger charge is -2.26. The predicted octanol–water partition coefficient (Wildman–Crippen LogP) is 2.78. The number of hydrogen-bond donors (Lipinski definition) is 1. The Morgan fingerprint density at radius 1 is 1.31 bits per heavy atom. The van der Waals surface area contributed by atoms with E-state index in [2.05, 4.69) is 32.8 Å². The second kappa shape index (κ2) is 4.99. The van der Waals surface area contributed by atoms with Crippen LogP contribution in [-0.4, -0.2) is 16.1 Å². The summed E-state index contributed by atoms with van der Waals surface area (Å²) in [5.74, 6) is 1.81. The topological polar surface area (TPSA) is 61.0 Å². The van der Waals surface area contributed by atoms with Crippen molar-refractivity contribution in [2.75, 3.05) is 5.73 Å². The highest BCUT2D eigenvalue weighted by atomic mass is 79.9. The first-order valence-electron chi connectivity index (χ1n) is 5.59. The first-order chi connectivity index (χ1) is 7.66. The lowest BCUT2D eigenvalue weighted by atomic mass is 9.89. The number of aromatic nitrogens is 2. The van der Waals surface area contributed by atoms with Gasteiger partial charge >= 0.3 is 0 Å². The Balaban J connectivity index is 2.01. The van der Waals surface area contributed by atoms with Crippen LogP contribution in [0.2, 0.25) is 0 Å². The van der Waals surface area contributed by atoms with E-state index in [1.54, 1.807) is 0 Å². The molecule has 2 N–H and O–H groups in total. The maximum atomic E-state index is 5.84. The SMILES string of the molecule is CC1CCC(Oc2ncnc(N)c2Br)CC1. The van der Waals surface area contributed by atoms with Crippen LogP contribution in [-0.2, 0) is 0 Å². The summed E-state index contributed by atoms with van der Waals surface area (Å²) in [4.78, 5) is 7.98. The minimum absolute atomic E-state index is 0.266. The molecular weight excluding hydrogens is 270 g/mol. The van der Waals surface area contributed by atoms with Gasteiger partial charge in [-0.3, -0.25) is 0 Å². The number of anilines is 1. The Hall–Kier alpha value is -0.840. The van der Waals surface area contributed by atoms with Crippen molar-refractivity contribution in [2.45, 2.75) is 38.7 Å². The van der Waals surface area contributed by atoms with Gasteiger partial charge in [0, 0.05) is 0 Å². The molecule has 1 aromatic heterocycles. The summed E-state index contributed by atoms with van der Waals surface area (Å²) in [5, 5.41) is 0. The third-order valence-corrected chi connectivity index (χ3v) is 3.77. The van der Waals surface area contributed by atoms with E-state index in [9.17, 15) is 0 Å². The summed E-state index contributed by atoms with van der Waals surface area (Å²) >= 11 is 3.34. The van der Waals surface area contributed by atoms with Gasteiger partial charge in [-0.1, -0.05) is 6.92 Å². The number of nitrogens with zero attached hydrogens (tertiary/aromatic N) is 2. The molecule has 0 bridgehead atoms. The highest BCUT2D eigenvalue weighted by Gasteiger charge is 2.21. The molecule has 1 saturated carbocycles. The molecule has 0 saturated heterocycles. The van der Waals surface area contributed by atoms with Crippen LogP contribution in [0.5, 0.6) is 5.88 Å². The molecule has 1 aliphatic carbocycles. The molecule has 0 radical (unpaired) electrons. The Bertz CT molecular complexity index is 364. The second-order valence-corrected chi connectivity index (χ2v) is 5.17. The van der Waals surface area contributed by atoms with Crippen LogP contribution in [0.15, 0.2) is 10.8 Å². The molecule has 0 aliphatic heterocycles. The van der Waals surface area contributed by atoms with Crippen LogP contribution >= 0.6 is 15.9 Å². The maximum absolute atomic E-state index is 5.84. The van der Waals surface area contributed by atoms with Crippen LogP contribution in [0.1, 0.15) is 32.6 Å². The van der Waals surface area contributed by atoms with Crippen molar-refractivity contribution in [2.24, 2.45) is 5.92 Å². The minimum atomic E-state index is 0.266. The molecule has 0 unspecified atom stereocenters. The summed E-state index contributed by atoms with van der Waals surface area (Å²) in [6.07, 6.45) is 6.34. The van der Waals surface area contributed by atoms with Gasteiger partial charge in [0.25, 0.3) is 0 Å². The van der Waals surface area contributed by atoms with Crippen molar-refractivity contribution >= 4 is 21.7 Å². The van der Waals surface area contributed by atoms with E-state index in [4.69, 9.17) is 10.5 Å². The largest absolute Gasteiger partial charge is 0.473 e. The van der Waals surface area contributed by atoms with Crippen LogP contribution in [0.25, 0.3) is 0 Å². The normalized spacial score (nSPS) is 25.4. The summed E-state index contributed by atoms with van der Waals surface area (Å²) < 4.78 is 6.50. The van der Waals surface area contributed by atoms with Crippen molar-refractivity contribution in [1.82, 2.24) is 9.97 Å². The maximum Gasteiger partial charge on any atom is 0.233 e. The van der Waals surface area contributed by atoms with Crippen molar-refractivity contribution in [1.29, 1.82) is 0 Å². The molecular formula is C11H16BrN3O. The van der Waals surface area contributed by atoms with Crippen molar-refractivity contribution in [3.05, 3.63) is 10.8 Å². The van der Waals surface area contributed by atoms with Gasteiger partial charge in [0.1, 0.15) is 22.7 Å². The molecule has 1 aliphatic rings. The van der Waals surface area contributed by atoms with Gasteiger partial charge in [0.15, 0.2) is 0 Å². The molecule has 1 fully saturated rings. The van der Waals surface area contributed by atoms with Crippen LogP contribution in [0.4, 0.5) is 5.82 Å². The average molecular weight is 286 g/mol. The highest BCUT2D eigenvalue weighted by Crippen LogP contribution is 2.31. The molecule has 0 spiro atoms. The lowest BCUT2D eigenvalue weighted by molar-refractivity contribution is 0.129. The lowest BCUT2D eigenvalue weighted by Crippen LogP contribution is -2.23. The quantitative estimate of drug-likeness (QED) is 0.908. The first-order valence-corrected chi connectivity index (χ1v) is 6.38. The van der Waals surface area contributed by atoms with Crippen LogP contribution < -0.4 is 10.5 Å². The first kappa shape index (κ1) is 11.6. The fourth-order valence-corrected chi connectivity index (χ4v) is 2.25. The van der Waals surface area contributed by atoms with E-state index in [1.807, 2.05) is 0 Å². The van der Waals surface area contributed by atoms with E-state index < -0.39 is 0 Å². The summed E-state index contributed by atoms with van der Waals surface area (Å²) in [6, 6.07) is 0. The monoisotopic (exact) mass is 285 g/mol. The van der Waals surface area contributed by atoms with Gasteiger partial charge in [0.2, 0.25) is 5.88 Å². The van der Waals surface area contributed by atoms with E-state index in [0.29, 0.717) is 16.2 Å². The third-order valence-electron chi connectivity index (χ3n) is 3.03. The standard InChI is InChI=1S/C11H16BrN3O/c1-7-2-4-8(5-3-7)16-11-9(12)10(13)14-6-15-11/h6-8H,2-5H2,1H3,(H2,13,14,15). The van der Waals surface area contributed by atoms with Gasteiger partial charge in [-0.25, -0.2) is 9.97 Å².